The van der Waals surface area contributed by atoms with Crippen molar-refractivity contribution in [3.8, 4) is 5.75 Å². The second kappa shape index (κ2) is 10.7. The van der Waals surface area contributed by atoms with Crippen LogP contribution in [0.4, 0.5) is 25.0 Å². The fourth-order valence-corrected chi connectivity index (χ4v) is 2.70. The van der Waals surface area contributed by atoms with Gasteiger partial charge in [-0.25, -0.2) is 4.79 Å². The quantitative estimate of drug-likeness (QED) is 0.479. The number of carbonyl (C=O) groups excluding carboxylic acids is 3. The molecule has 1 fully saturated rings. The van der Waals surface area contributed by atoms with Crippen molar-refractivity contribution in [2.45, 2.75) is 32.5 Å². The Kier molecular flexibility index (Phi) is 8.30. The summed E-state index contributed by atoms with van der Waals surface area (Å²) in [6.45, 7) is 0.441. The van der Waals surface area contributed by atoms with E-state index >= 15 is 0 Å². The number of morpholine rings is 1. The molecule has 1 atom stereocenters. The van der Waals surface area contributed by atoms with Gasteiger partial charge < -0.3 is 36.1 Å². The van der Waals surface area contributed by atoms with Crippen LogP contribution in [-0.4, -0.2) is 62.8 Å². The first kappa shape index (κ1) is 23.3. The highest BCUT2D eigenvalue weighted by atomic mass is 19.3. The lowest BCUT2D eigenvalue weighted by Gasteiger charge is -2.28. The molecule has 0 spiro atoms. The van der Waals surface area contributed by atoms with Crippen molar-refractivity contribution in [2.75, 3.05) is 36.5 Å². The van der Waals surface area contributed by atoms with E-state index in [1.807, 2.05) is 0 Å². The molecule has 1 saturated heterocycles. The fraction of sp³-hybridized carbons (Fsp3) is 0.500. The van der Waals surface area contributed by atoms with E-state index in [2.05, 4.69) is 20.7 Å². The van der Waals surface area contributed by atoms with Crippen LogP contribution in [0, 0.1) is 0 Å². The van der Waals surface area contributed by atoms with Crippen LogP contribution in [0.5, 0.6) is 5.75 Å². The van der Waals surface area contributed by atoms with Gasteiger partial charge in [-0.05, 0) is 26.0 Å². The molecule has 166 valence electrons. The first-order valence-electron chi connectivity index (χ1n) is 9.26. The standard InChI is InChI=1S/C18H25F2N5O5/c1-10(2)22-18(28)24-12(8-21)16(27)23-11-3-4-13(14(7-11)30-17(19)20)25-5-6-29-9-15(25)26/h3-4,7,10,12,17H,5-6,8-9,21H2,1-2H3,(H,23,27)(H2,22,24,28)/t12-/m0/s1. The minimum atomic E-state index is -3.14. The van der Waals surface area contributed by atoms with Crippen molar-refractivity contribution < 1.29 is 32.6 Å². The predicted octanol–water partition coefficient (Wildman–Crippen LogP) is 0.625. The summed E-state index contributed by atoms with van der Waals surface area (Å²) in [7, 11) is 0. The Morgan fingerprint density at radius 1 is 1.30 bits per heavy atom. The summed E-state index contributed by atoms with van der Waals surface area (Å²) in [5, 5.41) is 7.49. The molecule has 10 nitrogen and oxygen atoms in total. The van der Waals surface area contributed by atoms with Gasteiger partial charge >= 0.3 is 12.6 Å². The van der Waals surface area contributed by atoms with Gasteiger partial charge in [-0.3, -0.25) is 9.59 Å². The lowest BCUT2D eigenvalue weighted by molar-refractivity contribution is -0.125. The van der Waals surface area contributed by atoms with Gasteiger partial charge in [0, 0.05) is 30.9 Å². The molecule has 5 N–H and O–H groups in total. The summed E-state index contributed by atoms with van der Waals surface area (Å²) in [6.07, 6.45) is 0. The lowest BCUT2D eigenvalue weighted by atomic mass is 10.2. The molecular weight excluding hydrogens is 404 g/mol. The second-order valence-corrected chi connectivity index (χ2v) is 6.71. The monoisotopic (exact) mass is 429 g/mol. The largest absolute Gasteiger partial charge is 0.433 e. The van der Waals surface area contributed by atoms with Crippen molar-refractivity contribution in [2.24, 2.45) is 5.73 Å². The van der Waals surface area contributed by atoms with Gasteiger partial charge in [-0.2, -0.15) is 8.78 Å². The molecule has 1 aliphatic heterocycles. The number of nitrogens with two attached hydrogens (primary N) is 1. The lowest BCUT2D eigenvalue weighted by Crippen LogP contribution is -2.52. The number of rotatable bonds is 8. The van der Waals surface area contributed by atoms with E-state index in [0.717, 1.165) is 0 Å². The van der Waals surface area contributed by atoms with E-state index in [4.69, 9.17) is 10.5 Å². The molecule has 0 radical (unpaired) electrons. The number of nitrogens with zero attached hydrogens (tertiary/aromatic N) is 1. The maximum absolute atomic E-state index is 12.9. The molecule has 0 saturated carbocycles. The number of ether oxygens (including phenoxy) is 2. The summed E-state index contributed by atoms with van der Waals surface area (Å²) in [5.74, 6) is -1.33. The van der Waals surface area contributed by atoms with Crippen molar-refractivity contribution in [3.05, 3.63) is 18.2 Å². The summed E-state index contributed by atoms with van der Waals surface area (Å²) >= 11 is 0. The van der Waals surface area contributed by atoms with Gasteiger partial charge in [0.15, 0.2) is 5.75 Å². The van der Waals surface area contributed by atoms with Crippen LogP contribution in [0.3, 0.4) is 0 Å². The van der Waals surface area contributed by atoms with Crippen LogP contribution in [0.2, 0.25) is 0 Å². The Morgan fingerprint density at radius 3 is 2.63 bits per heavy atom. The smallest absolute Gasteiger partial charge is 0.387 e. The van der Waals surface area contributed by atoms with E-state index in [9.17, 15) is 23.2 Å². The van der Waals surface area contributed by atoms with E-state index < -0.39 is 30.5 Å². The number of hydrogen-bond donors (Lipinski definition) is 4. The van der Waals surface area contributed by atoms with Gasteiger partial charge in [0.1, 0.15) is 12.6 Å². The maximum atomic E-state index is 12.9. The Labute approximate surface area is 172 Å². The number of alkyl halides is 2. The molecule has 4 amide bonds. The molecule has 0 unspecified atom stereocenters. The van der Waals surface area contributed by atoms with Gasteiger partial charge in [-0.15, -0.1) is 0 Å². The van der Waals surface area contributed by atoms with Crippen LogP contribution in [-0.2, 0) is 14.3 Å². The third-order valence-corrected chi connectivity index (χ3v) is 4.00. The summed E-state index contributed by atoms with van der Waals surface area (Å²) < 4.78 is 35.3. The molecule has 0 bridgehead atoms. The minimum Gasteiger partial charge on any atom is -0.433 e. The summed E-state index contributed by atoms with van der Waals surface area (Å²) in [4.78, 5) is 37.5. The van der Waals surface area contributed by atoms with Crippen molar-refractivity contribution >= 4 is 29.2 Å². The highest BCUT2D eigenvalue weighted by Crippen LogP contribution is 2.33. The molecule has 0 aromatic heterocycles. The Hall–Kier alpha value is -2.99. The van der Waals surface area contributed by atoms with E-state index in [1.165, 1.54) is 23.1 Å². The third-order valence-electron chi connectivity index (χ3n) is 4.00. The maximum Gasteiger partial charge on any atom is 0.387 e. The number of urea groups is 1. The second-order valence-electron chi connectivity index (χ2n) is 6.71. The molecule has 0 aliphatic carbocycles. The predicted molar refractivity (Wildman–Crippen MR) is 105 cm³/mol. The van der Waals surface area contributed by atoms with Gasteiger partial charge in [0.25, 0.3) is 5.91 Å². The first-order chi connectivity index (χ1) is 14.2. The summed E-state index contributed by atoms with van der Waals surface area (Å²) in [6, 6.07) is 2.21. The average molecular weight is 429 g/mol. The zero-order valence-electron chi connectivity index (χ0n) is 16.6. The molecular formula is C18H25F2N5O5. The highest BCUT2D eigenvalue weighted by molar-refractivity contribution is 5.99. The molecule has 12 heteroatoms. The normalized spacial score (nSPS) is 15.2. The van der Waals surface area contributed by atoms with Crippen LogP contribution in [0.25, 0.3) is 0 Å². The van der Waals surface area contributed by atoms with E-state index in [0.29, 0.717) is 0 Å². The average Bonchev–Trinajstić information content (AvgIpc) is 2.66. The topological polar surface area (TPSA) is 135 Å². The number of hydrogen-bond acceptors (Lipinski definition) is 6. The molecule has 1 aromatic carbocycles. The Balaban J connectivity index is 2.17. The van der Waals surface area contributed by atoms with Gasteiger partial charge in [-0.1, -0.05) is 0 Å². The van der Waals surface area contributed by atoms with Gasteiger partial charge in [0.2, 0.25) is 5.91 Å². The zero-order valence-corrected chi connectivity index (χ0v) is 16.6. The Bertz CT molecular complexity index is 777. The summed E-state index contributed by atoms with van der Waals surface area (Å²) in [5.41, 5.74) is 5.82. The van der Waals surface area contributed by atoms with Gasteiger partial charge in [0.05, 0.1) is 12.3 Å². The molecule has 30 heavy (non-hydrogen) atoms. The molecule has 1 aliphatic rings. The highest BCUT2D eigenvalue weighted by Gasteiger charge is 2.25. The van der Waals surface area contributed by atoms with E-state index in [-0.39, 0.29) is 49.5 Å². The van der Waals surface area contributed by atoms with Crippen molar-refractivity contribution in [1.82, 2.24) is 10.6 Å². The van der Waals surface area contributed by atoms with Crippen LogP contribution in [0.1, 0.15) is 13.8 Å². The number of halogens is 2. The Morgan fingerprint density at radius 2 is 2.03 bits per heavy atom. The number of benzene rings is 1. The first-order valence-corrected chi connectivity index (χ1v) is 9.26. The van der Waals surface area contributed by atoms with Crippen LogP contribution >= 0.6 is 0 Å². The number of amides is 4. The van der Waals surface area contributed by atoms with Crippen LogP contribution < -0.4 is 31.3 Å². The SMILES string of the molecule is CC(C)NC(=O)N[C@@H](CN)C(=O)Nc1ccc(N2CCOCC2=O)c(OC(F)F)c1. The van der Waals surface area contributed by atoms with E-state index in [1.54, 1.807) is 13.8 Å². The molecule has 1 heterocycles. The number of anilines is 2. The van der Waals surface area contributed by atoms with Crippen molar-refractivity contribution in [1.29, 1.82) is 0 Å². The molecule has 2 rings (SSSR count). The van der Waals surface area contributed by atoms with Crippen molar-refractivity contribution in [3.63, 3.8) is 0 Å². The minimum absolute atomic E-state index is 0.129. The number of nitrogens with one attached hydrogen (secondary N) is 3. The fourth-order valence-electron chi connectivity index (χ4n) is 2.70. The molecule has 1 aromatic rings. The van der Waals surface area contributed by atoms with Crippen LogP contribution in [0.15, 0.2) is 18.2 Å². The third kappa shape index (κ3) is 6.52. The zero-order chi connectivity index (χ0) is 22.3. The number of carbonyl (C=O) groups is 3.